The van der Waals surface area contributed by atoms with Crippen LogP contribution in [0.2, 0.25) is 0 Å². The van der Waals surface area contributed by atoms with E-state index in [1.165, 1.54) is 11.1 Å². The highest BCUT2D eigenvalue weighted by Crippen LogP contribution is 2.27. The van der Waals surface area contributed by atoms with Crippen LogP contribution in [0.25, 0.3) is 10.9 Å². The van der Waals surface area contributed by atoms with Crippen molar-refractivity contribution in [3.05, 3.63) is 59.7 Å². The van der Waals surface area contributed by atoms with Crippen LogP contribution in [-0.2, 0) is 6.42 Å². The molecule has 1 fully saturated rings. The third kappa shape index (κ3) is 3.88. The van der Waals surface area contributed by atoms with Gasteiger partial charge in [0.1, 0.15) is 5.82 Å². The first-order valence-electron chi connectivity index (χ1n) is 9.68. The molecule has 0 spiro atoms. The minimum atomic E-state index is 0.117. The lowest BCUT2D eigenvalue weighted by molar-refractivity contribution is 0.265. The number of aliphatic hydroxyl groups is 1. The van der Waals surface area contributed by atoms with Gasteiger partial charge in [0, 0.05) is 18.5 Å². The maximum atomic E-state index is 9.65. The number of nitrogens with zero attached hydrogens (tertiary/aromatic N) is 3. The summed E-state index contributed by atoms with van der Waals surface area (Å²) in [7, 11) is 0. The molecule has 2 heterocycles. The molecule has 3 aromatic rings. The number of fused-ring (bicyclic) bond motifs is 1. The number of anilines is 2. The summed E-state index contributed by atoms with van der Waals surface area (Å²) in [6, 6.07) is 16.9. The first-order valence-corrected chi connectivity index (χ1v) is 9.68. The number of aliphatic hydroxyl groups excluding tert-OH is 1. The molecule has 0 radical (unpaired) electrons. The zero-order valence-electron chi connectivity index (χ0n) is 15.7. The van der Waals surface area contributed by atoms with Crippen molar-refractivity contribution >= 4 is 22.7 Å². The fraction of sp³-hybridized carbons (Fsp3) is 0.364. The number of aromatic nitrogens is 2. The van der Waals surface area contributed by atoms with Gasteiger partial charge in [-0.15, -0.1) is 0 Å². The second-order valence-corrected chi connectivity index (χ2v) is 7.22. The number of rotatable bonds is 6. The van der Waals surface area contributed by atoms with E-state index in [1.54, 1.807) is 0 Å². The van der Waals surface area contributed by atoms with Crippen molar-refractivity contribution in [3.8, 4) is 0 Å². The van der Waals surface area contributed by atoms with Gasteiger partial charge in [0.05, 0.1) is 18.2 Å². The maximum absolute atomic E-state index is 9.65. The highest BCUT2D eigenvalue weighted by atomic mass is 16.3. The van der Waals surface area contributed by atoms with Gasteiger partial charge in [-0.2, -0.15) is 4.98 Å². The molecule has 0 aliphatic carbocycles. The largest absolute Gasteiger partial charge is 0.394 e. The molecule has 1 aliphatic heterocycles. The summed E-state index contributed by atoms with van der Waals surface area (Å²) >= 11 is 0. The van der Waals surface area contributed by atoms with Crippen molar-refractivity contribution in [3.63, 3.8) is 0 Å². The first kappa shape index (κ1) is 17.7. The lowest BCUT2D eigenvalue weighted by Gasteiger charge is -2.24. The topological polar surface area (TPSA) is 61.3 Å². The van der Waals surface area contributed by atoms with Crippen LogP contribution in [0.4, 0.5) is 11.8 Å². The fourth-order valence-electron chi connectivity index (χ4n) is 3.70. The van der Waals surface area contributed by atoms with E-state index in [9.17, 15) is 5.11 Å². The van der Waals surface area contributed by atoms with E-state index in [-0.39, 0.29) is 12.6 Å². The van der Waals surface area contributed by atoms with Gasteiger partial charge in [-0.1, -0.05) is 42.0 Å². The number of hydrogen-bond donors (Lipinski definition) is 2. The summed E-state index contributed by atoms with van der Waals surface area (Å²) in [5.41, 5.74) is 3.53. The Morgan fingerprint density at radius 1 is 1.11 bits per heavy atom. The van der Waals surface area contributed by atoms with Gasteiger partial charge in [-0.25, -0.2) is 4.98 Å². The van der Waals surface area contributed by atoms with Crippen molar-refractivity contribution in [2.24, 2.45) is 0 Å². The van der Waals surface area contributed by atoms with Crippen LogP contribution in [-0.4, -0.2) is 40.8 Å². The summed E-state index contributed by atoms with van der Waals surface area (Å²) < 4.78 is 0. The third-order valence-corrected chi connectivity index (χ3v) is 5.26. The second kappa shape index (κ2) is 7.92. The standard InChI is InChI=1S/C22H26N4O/c1-16-8-10-17(11-9-16)12-13-23-21-19-6-2-3-7-20(19)24-22(25-21)26-14-4-5-18(26)15-27/h2-3,6-11,18,27H,4-5,12-15H2,1H3,(H,23,24,25)/t18-/m0/s1. The van der Waals surface area contributed by atoms with Crippen LogP contribution in [0, 0.1) is 6.92 Å². The predicted molar refractivity (Wildman–Crippen MR) is 110 cm³/mol. The Labute approximate surface area is 160 Å². The Hall–Kier alpha value is -2.66. The molecule has 0 saturated carbocycles. The molecule has 1 aromatic heterocycles. The molecule has 2 aromatic carbocycles. The number of nitrogens with one attached hydrogen (secondary N) is 1. The Bertz CT molecular complexity index is 910. The zero-order valence-corrected chi connectivity index (χ0v) is 15.7. The van der Waals surface area contributed by atoms with E-state index in [2.05, 4.69) is 47.5 Å². The minimum absolute atomic E-state index is 0.117. The van der Waals surface area contributed by atoms with E-state index < -0.39 is 0 Å². The van der Waals surface area contributed by atoms with Crippen LogP contribution in [0.5, 0.6) is 0 Å². The Kier molecular flexibility index (Phi) is 5.21. The summed E-state index contributed by atoms with van der Waals surface area (Å²) in [5, 5.41) is 14.2. The van der Waals surface area contributed by atoms with Gasteiger partial charge in [0.2, 0.25) is 5.95 Å². The fourth-order valence-corrected chi connectivity index (χ4v) is 3.70. The van der Waals surface area contributed by atoms with Crippen LogP contribution in [0.15, 0.2) is 48.5 Å². The van der Waals surface area contributed by atoms with Crippen molar-refractivity contribution < 1.29 is 5.11 Å². The molecular formula is C22H26N4O. The molecule has 5 heteroatoms. The summed E-state index contributed by atoms with van der Waals surface area (Å²) in [5.74, 6) is 1.58. The quantitative estimate of drug-likeness (QED) is 0.702. The summed E-state index contributed by atoms with van der Waals surface area (Å²) in [6.45, 7) is 3.96. The van der Waals surface area contributed by atoms with Crippen molar-refractivity contribution in [2.75, 3.05) is 29.9 Å². The average molecular weight is 362 g/mol. The van der Waals surface area contributed by atoms with Gasteiger partial charge in [0.15, 0.2) is 0 Å². The Morgan fingerprint density at radius 2 is 1.93 bits per heavy atom. The van der Waals surface area contributed by atoms with Crippen LogP contribution in [0.1, 0.15) is 24.0 Å². The van der Waals surface area contributed by atoms with Gasteiger partial charge in [0.25, 0.3) is 0 Å². The van der Waals surface area contributed by atoms with E-state index in [1.807, 2.05) is 18.2 Å². The molecule has 0 amide bonds. The monoisotopic (exact) mass is 362 g/mol. The predicted octanol–water partition coefficient (Wildman–Crippen LogP) is 3.55. The molecule has 140 valence electrons. The lowest BCUT2D eigenvalue weighted by Crippen LogP contribution is -2.33. The normalized spacial score (nSPS) is 16.8. The highest BCUT2D eigenvalue weighted by Gasteiger charge is 2.26. The van der Waals surface area contributed by atoms with Gasteiger partial charge in [-0.05, 0) is 43.9 Å². The number of benzene rings is 2. The van der Waals surface area contributed by atoms with E-state index >= 15 is 0 Å². The van der Waals surface area contributed by atoms with Crippen LogP contribution < -0.4 is 10.2 Å². The average Bonchev–Trinajstić information content (AvgIpc) is 3.18. The molecule has 5 nitrogen and oxygen atoms in total. The van der Waals surface area contributed by atoms with Crippen LogP contribution >= 0.6 is 0 Å². The molecule has 1 saturated heterocycles. The number of para-hydroxylation sites is 1. The third-order valence-electron chi connectivity index (χ3n) is 5.26. The molecule has 0 unspecified atom stereocenters. The van der Waals surface area contributed by atoms with E-state index in [0.717, 1.165) is 49.1 Å². The highest BCUT2D eigenvalue weighted by molar-refractivity contribution is 5.90. The van der Waals surface area contributed by atoms with Crippen molar-refractivity contribution in [1.29, 1.82) is 0 Å². The van der Waals surface area contributed by atoms with Crippen molar-refractivity contribution in [2.45, 2.75) is 32.2 Å². The van der Waals surface area contributed by atoms with Crippen LogP contribution in [0.3, 0.4) is 0 Å². The molecular weight excluding hydrogens is 336 g/mol. The van der Waals surface area contributed by atoms with E-state index in [4.69, 9.17) is 9.97 Å². The zero-order chi connectivity index (χ0) is 18.6. The molecule has 0 bridgehead atoms. The molecule has 1 aliphatic rings. The molecule has 1 atom stereocenters. The minimum Gasteiger partial charge on any atom is -0.394 e. The van der Waals surface area contributed by atoms with Gasteiger partial charge in [-0.3, -0.25) is 0 Å². The Morgan fingerprint density at radius 3 is 2.74 bits per heavy atom. The van der Waals surface area contributed by atoms with E-state index in [0.29, 0.717) is 5.95 Å². The molecule has 2 N–H and O–H groups in total. The smallest absolute Gasteiger partial charge is 0.228 e. The summed E-state index contributed by atoms with van der Waals surface area (Å²) in [4.78, 5) is 11.7. The summed E-state index contributed by atoms with van der Waals surface area (Å²) in [6.07, 6.45) is 3.00. The first-order chi connectivity index (χ1) is 13.2. The number of aryl methyl sites for hydroxylation is 1. The number of hydrogen-bond acceptors (Lipinski definition) is 5. The lowest BCUT2D eigenvalue weighted by atomic mass is 10.1. The van der Waals surface area contributed by atoms with Crippen molar-refractivity contribution in [1.82, 2.24) is 9.97 Å². The molecule has 27 heavy (non-hydrogen) atoms. The maximum Gasteiger partial charge on any atom is 0.228 e. The van der Waals surface area contributed by atoms with Gasteiger partial charge < -0.3 is 15.3 Å². The Balaban J connectivity index is 1.57. The van der Waals surface area contributed by atoms with Gasteiger partial charge >= 0.3 is 0 Å². The SMILES string of the molecule is Cc1ccc(CCNc2nc(N3CCC[C@H]3CO)nc3ccccc23)cc1. The molecule has 4 rings (SSSR count). The second-order valence-electron chi connectivity index (χ2n) is 7.22.